The van der Waals surface area contributed by atoms with E-state index in [0.717, 1.165) is 17.1 Å². The van der Waals surface area contributed by atoms with Gasteiger partial charge in [0.15, 0.2) is 5.82 Å². The number of carbonyl (C=O) groups is 1. The van der Waals surface area contributed by atoms with Crippen molar-refractivity contribution in [2.45, 2.75) is 26.4 Å². The lowest BCUT2D eigenvalue weighted by atomic mass is 10.1. The quantitative estimate of drug-likeness (QED) is 0.838. The lowest BCUT2D eigenvalue weighted by molar-refractivity contribution is 0.0240. The minimum absolute atomic E-state index is 0.255. The Labute approximate surface area is 148 Å². The van der Waals surface area contributed by atoms with Crippen molar-refractivity contribution in [1.82, 2.24) is 19.9 Å². The van der Waals surface area contributed by atoms with Crippen LogP contribution < -0.4 is 4.90 Å². The first-order chi connectivity index (χ1) is 11.8. The van der Waals surface area contributed by atoms with Gasteiger partial charge in [0.25, 0.3) is 0 Å². The standard InChI is InChI=1S/C18H25N5O2/c1-18(2,3)25-17(24)23-12-10-22(11-13-23)16-15(19-21(4)20-16)14-8-6-5-7-9-14/h5-9H,10-13H2,1-4H3. The first-order valence-electron chi connectivity index (χ1n) is 8.53. The molecule has 0 unspecified atom stereocenters. The summed E-state index contributed by atoms with van der Waals surface area (Å²) in [6, 6.07) is 10.0. The highest BCUT2D eigenvalue weighted by Crippen LogP contribution is 2.27. The Morgan fingerprint density at radius 2 is 1.68 bits per heavy atom. The maximum atomic E-state index is 12.2. The number of carbonyl (C=O) groups excluding carboxylic acids is 1. The summed E-state index contributed by atoms with van der Waals surface area (Å²) in [4.78, 5) is 17.7. The first-order valence-corrected chi connectivity index (χ1v) is 8.53. The maximum absolute atomic E-state index is 12.2. The van der Waals surface area contributed by atoms with Crippen LogP contribution in [0.15, 0.2) is 30.3 Å². The third-order valence-corrected chi connectivity index (χ3v) is 3.97. The van der Waals surface area contributed by atoms with Gasteiger partial charge in [-0.1, -0.05) is 30.3 Å². The van der Waals surface area contributed by atoms with Crippen LogP contribution in [0.4, 0.5) is 10.6 Å². The second-order valence-electron chi connectivity index (χ2n) is 7.18. The van der Waals surface area contributed by atoms with Gasteiger partial charge in [0.1, 0.15) is 11.3 Å². The van der Waals surface area contributed by atoms with Crippen LogP contribution in [0.5, 0.6) is 0 Å². The topological polar surface area (TPSA) is 63.5 Å². The molecule has 0 radical (unpaired) electrons. The molecule has 1 aromatic carbocycles. The Bertz CT molecular complexity index is 728. The van der Waals surface area contributed by atoms with Crippen molar-refractivity contribution in [2.75, 3.05) is 31.1 Å². The largest absolute Gasteiger partial charge is 0.444 e. The second kappa shape index (κ2) is 6.74. The fraction of sp³-hybridized carbons (Fsp3) is 0.500. The summed E-state index contributed by atoms with van der Waals surface area (Å²) in [7, 11) is 1.83. The van der Waals surface area contributed by atoms with Crippen LogP contribution in [-0.2, 0) is 11.8 Å². The van der Waals surface area contributed by atoms with E-state index in [2.05, 4.69) is 15.1 Å². The zero-order chi connectivity index (χ0) is 18.0. The predicted octanol–water partition coefficient (Wildman–Crippen LogP) is 2.54. The number of nitrogens with zero attached hydrogens (tertiary/aromatic N) is 5. The summed E-state index contributed by atoms with van der Waals surface area (Å²) in [6.45, 7) is 8.28. The normalized spacial score (nSPS) is 15.4. The number of piperazine rings is 1. The first kappa shape index (κ1) is 17.3. The predicted molar refractivity (Wildman–Crippen MR) is 96.5 cm³/mol. The second-order valence-corrected chi connectivity index (χ2v) is 7.18. The van der Waals surface area contributed by atoms with E-state index in [1.807, 2.05) is 58.2 Å². The molecule has 0 atom stereocenters. The molecule has 25 heavy (non-hydrogen) atoms. The molecule has 3 rings (SSSR count). The number of hydrogen-bond donors (Lipinski definition) is 0. The number of anilines is 1. The molecule has 0 N–H and O–H groups in total. The molecule has 0 aliphatic carbocycles. The zero-order valence-corrected chi connectivity index (χ0v) is 15.3. The average molecular weight is 343 g/mol. The monoisotopic (exact) mass is 343 g/mol. The highest BCUT2D eigenvalue weighted by Gasteiger charge is 2.28. The van der Waals surface area contributed by atoms with E-state index in [1.165, 1.54) is 0 Å². The van der Waals surface area contributed by atoms with E-state index in [1.54, 1.807) is 9.70 Å². The van der Waals surface area contributed by atoms with Gasteiger partial charge in [0.05, 0.1) is 0 Å². The Hall–Kier alpha value is -2.57. The molecule has 1 amide bonds. The number of hydrogen-bond acceptors (Lipinski definition) is 5. The molecule has 1 aliphatic rings. The van der Waals surface area contributed by atoms with Crippen molar-refractivity contribution in [3.05, 3.63) is 30.3 Å². The van der Waals surface area contributed by atoms with Gasteiger partial charge < -0.3 is 14.5 Å². The molecular weight excluding hydrogens is 318 g/mol. The van der Waals surface area contributed by atoms with E-state index >= 15 is 0 Å². The van der Waals surface area contributed by atoms with Crippen LogP contribution in [0.3, 0.4) is 0 Å². The molecule has 1 aliphatic heterocycles. The Morgan fingerprint density at radius 3 is 2.28 bits per heavy atom. The molecule has 0 spiro atoms. The fourth-order valence-corrected chi connectivity index (χ4v) is 2.82. The summed E-state index contributed by atoms with van der Waals surface area (Å²) >= 11 is 0. The third-order valence-electron chi connectivity index (χ3n) is 3.97. The van der Waals surface area contributed by atoms with Crippen molar-refractivity contribution in [3.63, 3.8) is 0 Å². The fourth-order valence-electron chi connectivity index (χ4n) is 2.82. The number of rotatable bonds is 2. The van der Waals surface area contributed by atoms with Gasteiger partial charge in [-0.15, -0.1) is 5.10 Å². The average Bonchev–Trinajstić information content (AvgIpc) is 2.96. The molecule has 0 saturated carbocycles. The van der Waals surface area contributed by atoms with Gasteiger partial charge >= 0.3 is 6.09 Å². The summed E-state index contributed by atoms with van der Waals surface area (Å²) in [5, 5.41) is 9.05. The SMILES string of the molecule is Cn1nc(-c2ccccc2)c(N2CCN(C(=O)OC(C)(C)C)CC2)n1. The van der Waals surface area contributed by atoms with E-state index in [0.29, 0.717) is 26.2 Å². The molecule has 7 heteroatoms. The minimum Gasteiger partial charge on any atom is -0.444 e. The maximum Gasteiger partial charge on any atom is 0.410 e. The van der Waals surface area contributed by atoms with Crippen LogP contribution >= 0.6 is 0 Å². The van der Waals surface area contributed by atoms with E-state index in [-0.39, 0.29) is 6.09 Å². The number of aromatic nitrogens is 3. The van der Waals surface area contributed by atoms with Crippen molar-refractivity contribution in [3.8, 4) is 11.3 Å². The van der Waals surface area contributed by atoms with Gasteiger partial charge in [-0.2, -0.15) is 9.90 Å². The molecule has 1 fully saturated rings. The highest BCUT2D eigenvalue weighted by atomic mass is 16.6. The molecule has 1 saturated heterocycles. The van der Waals surface area contributed by atoms with Crippen LogP contribution in [-0.4, -0.2) is 57.8 Å². The molecule has 7 nitrogen and oxygen atoms in total. The summed E-state index contributed by atoms with van der Waals surface area (Å²) in [5.41, 5.74) is 1.44. The van der Waals surface area contributed by atoms with Crippen LogP contribution in [0.1, 0.15) is 20.8 Å². The van der Waals surface area contributed by atoms with Gasteiger partial charge in [-0.3, -0.25) is 0 Å². The summed E-state index contributed by atoms with van der Waals surface area (Å²) in [6.07, 6.45) is -0.255. The highest BCUT2D eigenvalue weighted by molar-refractivity contribution is 5.72. The van der Waals surface area contributed by atoms with Crippen LogP contribution in [0.2, 0.25) is 0 Å². The molecule has 2 aromatic rings. The van der Waals surface area contributed by atoms with Crippen molar-refractivity contribution in [2.24, 2.45) is 7.05 Å². The Kier molecular flexibility index (Phi) is 4.65. The van der Waals surface area contributed by atoms with Crippen molar-refractivity contribution in [1.29, 1.82) is 0 Å². The summed E-state index contributed by atoms with van der Waals surface area (Å²) < 4.78 is 5.45. The van der Waals surface area contributed by atoms with Crippen molar-refractivity contribution < 1.29 is 9.53 Å². The van der Waals surface area contributed by atoms with Gasteiger partial charge in [0, 0.05) is 38.8 Å². The Balaban J connectivity index is 1.71. The number of ether oxygens (including phenoxy) is 1. The number of benzene rings is 1. The molecule has 0 bridgehead atoms. The zero-order valence-electron chi connectivity index (χ0n) is 15.3. The summed E-state index contributed by atoms with van der Waals surface area (Å²) in [5.74, 6) is 0.859. The molecule has 134 valence electrons. The minimum atomic E-state index is -0.473. The van der Waals surface area contributed by atoms with E-state index in [9.17, 15) is 4.79 Å². The van der Waals surface area contributed by atoms with Crippen molar-refractivity contribution >= 4 is 11.9 Å². The Morgan fingerprint density at radius 1 is 1.04 bits per heavy atom. The van der Waals surface area contributed by atoms with Crippen LogP contribution in [0.25, 0.3) is 11.3 Å². The van der Waals surface area contributed by atoms with Gasteiger partial charge in [-0.25, -0.2) is 4.79 Å². The number of aryl methyl sites for hydroxylation is 1. The van der Waals surface area contributed by atoms with Gasteiger partial charge in [-0.05, 0) is 20.8 Å². The van der Waals surface area contributed by atoms with E-state index in [4.69, 9.17) is 4.74 Å². The smallest absolute Gasteiger partial charge is 0.410 e. The molecule has 1 aromatic heterocycles. The van der Waals surface area contributed by atoms with Gasteiger partial charge in [0.2, 0.25) is 0 Å². The molecule has 2 heterocycles. The van der Waals surface area contributed by atoms with E-state index < -0.39 is 5.60 Å². The third kappa shape index (κ3) is 4.10. The lowest BCUT2D eigenvalue weighted by Crippen LogP contribution is -2.50. The molecular formula is C18H25N5O2. The lowest BCUT2D eigenvalue weighted by Gasteiger charge is -2.35. The number of amides is 1. The van der Waals surface area contributed by atoms with Crippen LogP contribution in [0, 0.1) is 0 Å².